The van der Waals surface area contributed by atoms with E-state index in [1.165, 1.54) is 0 Å². The molecule has 0 radical (unpaired) electrons. The highest BCUT2D eigenvalue weighted by molar-refractivity contribution is 6.35. The second-order valence-corrected chi connectivity index (χ2v) is 6.63. The van der Waals surface area contributed by atoms with Crippen LogP contribution in [0, 0.1) is 5.92 Å². The summed E-state index contributed by atoms with van der Waals surface area (Å²) in [4.78, 5) is 24.8. The Morgan fingerprint density at radius 2 is 1.73 bits per heavy atom. The predicted octanol–water partition coefficient (Wildman–Crippen LogP) is 3.45. The summed E-state index contributed by atoms with van der Waals surface area (Å²) in [5.74, 6) is -0.414. The number of rotatable bonds is 4. The summed E-state index contributed by atoms with van der Waals surface area (Å²) < 4.78 is 0. The van der Waals surface area contributed by atoms with Gasteiger partial charge in [0.25, 0.3) is 0 Å². The Hall–Kier alpha value is -3.21. The molecule has 0 spiro atoms. The molecule has 2 aliphatic carbocycles. The van der Waals surface area contributed by atoms with Gasteiger partial charge in [0.05, 0.1) is 11.3 Å². The van der Waals surface area contributed by atoms with Crippen molar-refractivity contribution in [2.24, 2.45) is 11.0 Å². The van der Waals surface area contributed by atoms with Crippen LogP contribution in [0.2, 0.25) is 0 Å². The molecule has 0 bridgehead atoms. The number of aliphatic hydroxyl groups excluding tert-OH is 1. The molecule has 0 aromatic heterocycles. The van der Waals surface area contributed by atoms with Crippen LogP contribution in [0.3, 0.4) is 0 Å². The monoisotopic (exact) mass is 346 g/mol. The van der Waals surface area contributed by atoms with Crippen LogP contribution in [0.25, 0.3) is 5.76 Å². The Balaban J connectivity index is 1.46. The molecule has 0 heterocycles. The number of allylic oxidation sites excluding steroid dienone is 1. The minimum absolute atomic E-state index is 0.0883. The SMILES string of the molecule is C/C(=N\NC(=O)[C@@H]1C[C@@H]1c1ccccc1)C1=C(O)c2ccccc2C1=O. The topological polar surface area (TPSA) is 78.8 Å². The van der Waals surface area contributed by atoms with Crippen molar-refractivity contribution in [1.82, 2.24) is 5.43 Å². The molecule has 1 fully saturated rings. The molecule has 0 unspecified atom stereocenters. The van der Waals surface area contributed by atoms with Crippen molar-refractivity contribution in [1.29, 1.82) is 0 Å². The molecule has 130 valence electrons. The zero-order valence-electron chi connectivity index (χ0n) is 14.3. The lowest BCUT2D eigenvalue weighted by Crippen LogP contribution is -2.22. The van der Waals surface area contributed by atoms with Gasteiger partial charge in [-0.2, -0.15) is 5.10 Å². The Morgan fingerprint density at radius 3 is 2.42 bits per heavy atom. The van der Waals surface area contributed by atoms with E-state index in [-0.39, 0.29) is 34.9 Å². The smallest absolute Gasteiger partial charge is 0.243 e. The number of nitrogens with one attached hydrogen (secondary N) is 1. The standard InChI is InChI=1S/C21H18N2O3/c1-12(18-19(24)14-9-5-6-10-15(14)20(18)25)22-23-21(26)17-11-16(17)13-7-3-2-4-8-13/h2-10,16-17,24H,11H2,1H3,(H,23,26)/b22-12+/t16-,17-/m1/s1. The summed E-state index contributed by atoms with van der Waals surface area (Å²) in [6.07, 6.45) is 0.794. The molecule has 2 aliphatic rings. The number of amides is 1. The number of hydrazone groups is 1. The maximum absolute atomic E-state index is 12.5. The number of Topliss-reactive ketones (excluding diaryl/α,β-unsaturated/α-hetero) is 1. The third-order valence-electron chi connectivity index (χ3n) is 4.94. The first-order valence-electron chi connectivity index (χ1n) is 8.54. The van der Waals surface area contributed by atoms with Gasteiger partial charge in [-0.25, -0.2) is 5.43 Å². The molecular weight excluding hydrogens is 328 g/mol. The van der Waals surface area contributed by atoms with Crippen LogP contribution < -0.4 is 5.43 Å². The molecule has 2 aromatic carbocycles. The van der Waals surface area contributed by atoms with E-state index in [0.29, 0.717) is 16.8 Å². The van der Waals surface area contributed by atoms with Crippen molar-refractivity contribution in [2.45, 2.75) is 19.3 Å². The fourth-order valence-corrected chi connectivity index (χ4v) is 3.43. The number of carbonyl (C=O) groups is 2. The van der Waals surface area contributed by atoms with Gasteiger partial charge in [0.2, 0.25) is 5.91 Å². The maximum Gasteiger partial charge on any atom is 0.243 e. The van der Waals surface area contributed by atoms with Crippen LogP contribution in [0.15, 0.2) is 65.3 Å². The Kier molecular flexibility index (Phi) is 3.92. The molecule has 5 heteroatoms. The van der Waals surface area contributed by atoms with Gasteiger partial charge in [-0.05, 0) is 24.8 Å². The molecule has 26 heavy (non-hydrogen) atoms. The molecule has 1 saturated carbocycles. The van der Waals surface area contributed by atoms with Crippen LogP contribution in [-0.4, -0.2) is 22.5 Å². The quantitative estimate of drug-likeness (QED) is 0.657. The Labute approximate surface area is 151 Å². The number of hydrogen-bond donors (Lipinski definition) is 2. The third-order valence-corrected chi connectivity index (χ3v) is 4.94. The van der Waals surface area contributed by atoms with E-state index >= 15 is 0 Å². The minimum Gasteiger partial charge on any atom is -0.506 e. The summed E-state index contributed by atoms with van der Waals surface area (Å²) in [6.45, 7) is 1.61. The molecule has 2 atom stereocenters. The van der Waals surface area contributed by atoms with Crippen LogP contribution in [0.4, 0.5) is 0 Å². The fourth-order valence-electron chi connectivity index (χ4n) is 3.43. The number of benzene rings is 2. The maximum atomic E-state index is 12.5. The highest BCUT2D eigenvalue weighted by Crippen LogP contribution is 2.47. The molecule has 0 aliphatic heterocycles. The summed E-state index contributed by atoms with van der Waals surface area (Å²) in [6, 6.07) is 16.8. The highest BCUT2D eigenvalue weighted by Gasteiger charge is 2.44. The molecule has 2 aromatic rings. The van der Waals surface area contributed by atoms with E-state index in [1.807, 2.05) is 30.3 Å². The van der Waals surface area contributed by atoms with Crippen LogP contribution in [0.1, 0.15) is 40.7 Å². The Bertz CT molecular complexity index is 960. The van der Waals surface area contributed by atoms with Crippen molar-refractivity contribution in [3.05, 3.63) is 76.9 Å². The third kappa shape index (κ3) is 2.71. The van der Waals surface area contributed by atoms with Gasteiger partial charge in [-0.15, -0.1) is 0 Å². The summed E-state index contributed by atoms with van der Waals surface area (Å²) in [7, 11) is 0. The number of nitrogens with zero attached hydrogens (tertiary/aromatic N) is 1. The van der Waals surface area contributed by atoms with Gasteiger partial charge in [-0.1, -0.05) is 54.6 Å². The van der Waals surface area contributed by atoms with Gasteiger partial charge in [0.15, 0.2) is 5.78 Å². The van der Waals surface area contributed by atoms with Crippen LogP contribution >= 0.6 is 0 Å². The van der Waals surface area contributed by atoms with Crippen molar-refractivity contribution in [3.8, 4) is 0 Å². The number of ketones is 1. The average molecular weight is 346 g/mol. The number of hydrogen-bond acceptors (Lipinski definition) is 4. The van der Waals surface area contributed by atoms with Crippen LogP contribution in [0.5, 0.6) is 0 Å². The molecular formula is C21H18N2O3. The van der Waals surface area contributed by atoms with E-state index in [0.717, 1.165) is 12.0 Å². The average Bonchev–Trinajstić information content (AvgIpc) is 3.43. The summed E-state index contributed by atoms with van der Waals surface area (Å²) in [5, 5.41) is 14.4. The van der Waals surface area contributed by atoms with Gasteiger partial charge in [0.1, 0.15) is 5.76 Å². The van der Waals surface area contributed by atoms with Crippen LogP contribution in [-0.2, 0) is 4.79 Å². The van der Waals surface area contributed by atoms with Gasteiger partial charge < -0.3 is 5.11 Å². The second-order valence-electron chi connectivity index (χ2n) is 6.63. The molecule has 4 rings (SSSR count). The van der Waals surface area contributed by atoms with Crippen molar-refractivity contribution in [2.75, 3.05) is 0 Å². The fraction of sp³-hybridized carbons (Fsp3) is 0.190. The largest absolute Gasteiger partial charge is 0.506 e. The molecule has 5 nitrogen and oxygen atoms in total. The normalized spacial score (nSPS) is 21.6. The van der Waals surface area contributed by atoms with Crippen molar-refractivity contribution in [3.63, 3.8) is 0 Å². The van der Waals surface area contributed by atoms with Gasteiger partial charge in [-0.3, -0.25) is 9.59 Å². The molecule has 2 N–H and O–H groups in total. The van der Waals surface area contributed by atoms with Crippen molar-refractivity contribution < 1.29 is 14.7 Å². The lowest BCUT2D eigenvalue weighted by atomic mass is 10.1. The first-order valence-corrected chi connectivity index (χ1v) is 8.54. The number of carbonyl (C=O) groups excluding carboxylic acids is 2. The summed E-state index contributed by atoms with van der Waals surface area (Å²) in [5.41, 5.74) is 5.08. The highest BCUT2D eigenvalue weighted by atomic mass is 16.3. The van der Waals surface area contributed by atoms with Gasteiger partial charge >= 0.3 is 0 Å². The van der Waals surface area contributed by atoms with E-state index < -0.39 is 0 Å². The van der Waals surface area contributed by atoms with E-state index in [4.69, 9.17) is 0 Å². The zero-order valence-corrected chi connectivity index (χ0v) is 14.3. The van der Waals surface area contributed by atoms with E-state index in [2.05, 4.69) is 10.5 Å². The number of aliphatic hydroxyl groups is 1. The zero-order chi connectivity index (χ0) is 18.3. The second kappa shape index (κ2) is 6.26. The first-order chi connectivity index (χ1) is 12.6. The van der Waals surface area contributed by atoms with E-state index in [9.17, 15) is 14.7 Å². The first kappa shape index (κ1) is 16.3. The number of fused-ring (bicyclic) bond motifs is 1. The minimum atomic E-state index is -0.276. The van der Waals surface area contributed by atoms with Gasteiger partial charge in [0, 0.05) is 17.0 Å². The lowest BCUT2D eigenvalue weighted by Gasteiger charge is -2.04. The lowest BCUT2D eigenvalue weighted by molar-refractivity contribution is -0.122. The molecule has 0 saturated heterocycles. The van der Waals surface area contributed by atoms with E-state index in [1.54, 1.807) is 31.2 Å². The predicted molar refractivity (Wildman–Crippen MR) is 98.9 cm³/mol. The van der Waals surface area contributed by atoms with Crippen molar-refractivity contribution >= 4 is 23.2 Å². The Morgan fingerprint density at radius 1 is 1.08 bits per heavy atom. The summed E-state index contributed by atoms with van der Waals surface area (Å²) >= 11 is 0. The molecule has 1 amide bonds.